The van der Waals surface area contributed by atoms with Gasteiger partial charge in [-0.15, -0.1) is 0 Å². The van der Waals surface area contributed by atoms with Crippen LogP contribution >= 0.6 is 0 Å². The molecule has 4 heteroatoms. The lowest BCUT2D eigenvalue weighted by Crippen LogP contribution is -2.08. The van der Waals surface area contributed by atoms with E-state index in [1.807, 2.05) is 48.5 Å². The standard InChI is InChI=1S/C17H18O4/c1-20-17(19)10-13-6-2-3-8-15(13)12-21-16-9-5-4-7-14(16)11-18/h2-9,18H,10-12H2,1H3. The van der Waals surface area contributed by atoms with Gasteiger partial charge in [-0.25, -0.2) is 0 Å². The summed E-state index contributed by atoms with van der Waals surface area (Å²) in [6, 6.07) is 14.9. The van der Waals surface area contributed by atoms with E-state index < -0.39 is 0 Å². The average Bonchev–Trinajstić information content (AvgIpc) is 2.54. The number of rotatable bonds is 6. The molecule has 0 aliphatic rings. The minimum absolute atomic E-state index is 0.0695. The minimum atomic E-state index is -0.279. The van der Waals surface area contributed by atoms with Crippen LogP contribution in [0.1, 0.15) is 16.7 Å². The molecule has 0 aliphatic carbocycles. The highest BCUT2D eigenvalue weighted by Gasteiger charge is 2.09. The van der Waals surface area contributed by atoms with Crippen molar-refractivity contribution in [2.24, 2.45) is 0 Å². The monoisotopic (exact) mass is 286 g/mol. The van der Waals surface area contributed by atoms with Crippen LogP contribution in [0.5, 0.6) is 5.75 Å². The van der Waals surface area contributed by atoms with Crippen LogP contribution in [0.3, 0.4) is 0 Å². The zero-order valence-corrected chi connectivity index (χ0v) is 11.9. The summed E-state index contributed by atoms with van der Waals surface area (Å²) in [5.41, 5.74) is 2.55. The maximum absolute atomic E-state index is 11.4. The molecule has 21 heavy (non-hydrogen) atoms. The molecule has 0 saturated heterocycles. The highest BCUT2D eigenvalue weighted by Crippen LogP contribution is 2.20. The quantitative estimate of drug-likeness (QED) is 0.829. The molecule has 0 aliphatic heterocycles. The molecule has 0 atom stereocenters. The van der Waals surface area contributed by atoms with Crippen LogP contribution in [0, 0.1) is 0 Å². The molecule has 2 aromatic carbocycles. The van der Waals surface area contributed by atoms with Crippen molar-refractivity contribution in [2.45, 2.75) is 19.6 Å². The molecule has 0 bridgehead atoms. The molecule has 0 unspecified atom stereocenters. The molecule has 2 rings (SSSR count). The molecule has 0 spiro atoms. The van der Waals surface area contributed by atoms with E-state index in [0.29, 0.717) is 12.4 Å². The highest BCUT2D eigenvalue weighted by molar-refractivity contribution is 5.72. The number of ether oxygens (including phenoxy) is 2. The maximum atomic E-state index is 11.4. The molecule has 2 aromatic rings. The van der Waals surface area contributed by atoms with Gasteiger partial charge < -0.3 is 14.6 Å². The number of aliphatic hydroxyl groups is 1. The van der Waals surface area contributed by atoms with Crippen LogP contribution < -0.4 is 4.74 Å². The van der Waals surface area contributed by atoms with Crippen molar-refractivity contribution in [1.29, 1.82) is 0 Å². The third kappa shape index (κ3) is 4.07. The fourth-order valence-electron chi connectivity index (χ4n) is 2.03. The first-order chi connectivity index (χ1) is 10.2. The molecule has 0 aromatic heterocycles. The molecular weight excluding hydrogens is 268 g/mol. The van der Waals surface area contributed by atoms with E-state index in [4.69, 9.17) is 9.47 Å². The van der Waals surface area contributed by atoms with Gasteiger partial charge in [0.05, 0.1) is 20.1 Å². The number of hydrogen-bond acceptors (Lipinski definition) is 4. The molecule has 0 saturated carbocycles. The van der Waals surface area contributed by atoms with Gasteiger partial charge in [0.25, 0.3) is 0 Å². The summed E-state index contributed by atoms with van der Waals surface area (Å²) >= 11 is 0. The first kappa shape index (κ1) is 15.1. The van der Waals surface area contributed by atoms with Crippen molar-refractivity contribution in [3.05, 3.63) is 65.2 Å². The Kier molecular flexibility index (Phi) is 5.35. The predicted molar refractivity (Wildman–Crippen MR) is 78.9 cm³/mol. The van der Waals surface area contributed by atoms with Crippen LogP contribution in [0.4, 0.5) is 0 Å². The van der Waals surface area contributed by atoms with Crippen molar-refractivity contribution in [3.63, 3.8) is 0 Å². The second kappa shape index (κ2) is 7.45. The Balaban J connectivity index is 2.11. The zero-order valence-electron chi connectivity index (χ0n) is 11.9. The summed E-state index contributed by atoms with van der Waals surface area (Å²) in [7, 11) is 1.37. The van der Waals surface area contributed by atoms with Gasteiger partial charge >= 0.3 is 5.97 Å². The van der Waals surface area contributed by atoms with Gasteiger partial charge in [0.1, 0.15) is 12.4 Å². The summed E-state index contributed by atoms with van der Waals surface area (Å²) in [5, 5.41) is 9.28. The second-order valence-corrected chi connectivity index (χ2v) is 4.58. The van der Waals surface area contributed by atoms with Gasteiger partial charge in [-0.3, -0.25) is 4.79 Å². The SMILES string of the molecule is COC(=O)Cc1ccccc1COc1ccccc1CO. The van der Waals surface area contributed by atoms with Gasteiger partial charge in [-0.1, -0.05) is 42.5 Å². The summed E-state index contributed by atoms with van der Waals surface area (Å²) in [6.07, 6.45) is 0.220. The van der Waals surface area contributed by atoms with Crippen LogP contribution in [-0.4, -0.2) is 18.2 Å². The van der Waals surface area contributed by atoms with E-state index in [0.717, 1.165) is 16.7 Å². The number of carbonyl (C=O) groups is 1. The van der Waals surface area contributed by atoms with Gasteiger partial charge in [-0.05, 0) is 17.2 Å². The predicted octanol–water partition coefficient (Wildman–Crippen LogP) is 2.47. The van der Waals surface area contributed by atoms with Crippen molar-refractivity contribution < 1.29 is 19.4 Å². The fourth-order valence-corrected chi connectivity index (χ4v) is 2.03. The van der Waals surface area contributed by atoms with Crippen LogP contribution in [-0.2, 0) is 29.2 Å². The highest BCUT2D eigenvalue weighted by atomic mass is 16.5. The molecule has 0 fully saturated rings. The number of aliphatic hydroxyl groups excluding tert-OH is 1. The lowest BCUT2D eigenvalue weighted by atomic mass is 10.1. The summed E-state index contributed by atoms with van der Waals surface area (Å²) in [5.74, 6) is 0.367. The summed E-state index contributed by atoms with van der Waals surface area (Å²) in [6.45, 7) is 0.268. The van der Waals surface area contributed by atoms with Crippen molar-refractivity contribution in [1.82, 2.24) is 0 Å². The van der Waals surface area contributed by atoms with Gasteiger partial charge in [0.2, 0.25) is 0 Å². The lowest BCUT2D eigenvalue weighted by Gasteiger charge is -2.12. The Morgan fingerprint density at radius 2 is 1.62 bits per heavy atom. The zero-order chi connectivity index (χ0) is 15.1. The van der Waals surface area contributed by atoms with E-state index in [9.17, 15) is 9.90 Å². The average molecular weight is 286 g/mol. The molecule has 0 radical (unpaired) electrons. The largest absolute Gasteiger partial charge is 0.489 e. The second-order valence-electron chi connectivity index (χ2n) is 4.58. The van der Waals surface area contributed by atoms with Gasteiger partial charge in [0.15, 0.2) is 0 Å². The minimum Gasteiger partial charge on any atom is -0.489 e. The van der Waals surface area contributed by atoms with E-state index in [-0.39, 0.29) is 19.0 Å². The van der Waals surface area contributed by atoms with Crippen molar-refractivity contribution in [2.75, 3.05) is 7.11 Å². The lowest BCUT2D eigenvalue weighted by molar-refractivity contribution is -0.139. The maximum Gasteiger partial charge on any atom is 0.309 e. The first-order valence-corrected chi connectivity index (χ1v) is 6.69. The molecule has 0 heterocycles. The molecule has 0 amide bonds. The molecular formula is C17H18O4. The number of methoxy groups -OCH3 is 1. The topological polar surface area (TPSA) is 55.8 Å². The normalized spacial score (nSPS) is 10.2. The number of carbonyl (C=O) groups excluding carboxylic acids is 1. The van der Waals surface area contributed by atoms with Gasteiger partial charge in [0, 0.05) is 5.56 Å². The fraction of sp³-hybridized carbons (Fsp3) is 0.235. The van der Waals surface area contributed by atoms with Crippen molar-refractivity contribution in [3.8, 4) is 5.75 Å². The smallest absolute Gasteiger partial charge is 0.309 e. The van der Waals surface area contributed by atoms with E-state index in [1.165, 1.54) is 7.11 Å². The molecule has 4 nitrogen and oxygen atoms in total. The van der Waals surface area contributed by atoms with E-state index in [1.54, 1.807) is 0 Å². The number of para-hydroxylation sites is 1. The Morgan fingerprint density at radius 1 is 1.00 bits per heavy atom. The molecule has 110 valence electrons. The Morgan fingerprint density at radius 3 is 2.29 bits per heavy atom. The number of esters is 1. The third-order valence-corrected chi connectivity index (χ3v) is 3.21. The number of benzene rings is 2. The summed E-state index contributed by atoms with van der Waals surface area (Å²) < 4.78 is 10.5. The van der Waals surface area contributed by atoms with E-state index in [2.05, 4.69) is 0 Å². The van der Waals surface area contributed by atoms with Crippen LogP contribution in [0.2, 0.25) is 0 Å². The Labute approximate surface area is 123 Å². The summed E-state index contributed by atoms with van der Waals surface area (Å²) in [4.78, 5) is 11.4. The van der Waals surface area contributed by atoms with E-state index >= 15 is 0 Å². The molecule has 1 N–H and O–H groups in total. The third-order valence-electron chi connectivity index (χ3n) is 3.21. The first-order valence-electron chi connectivity index (χ1n) is 6.69. The van der Waals surface area contributed by atoms with Gasteiger partial charge in [-0.2, -0.15) is 0 Å². The van der Waals surface area contributed by atoms with Crippen LogP contribution in [0.25, 0.3) is 0 Å². The Hall–Kier alpha value is -2.33. The Bertz CT molecular complexity index is 607. The van der Waals surface area contributed by atoms with Crippen molar-refractivity contribution >= 4 is 5.97 Å². The van der Waals surface area contributed by atoms with Crippen LogP contribution in [0.15, 0.2) is 48.5 Å². The number of hydrogen-bond donors (Lipinski definition) is 1.